The van der Waals surface area contributed by atoms with Crippen LogP contribution in [0.2, 0.25) is 0 Å². The highest BCUT2D eigenvalue weighted by Crippen LogP contribution is 2.33. The summed E-state index contributed by atoms with van der Waals surface area (Å²) in [6.45, 7) is 0.457. The number of halogens is 3. The molecule has 0 fully saturated rings. The van der Waals surface area contributed by atoms with Crippen molar-refractivity contribution in [1.29, 1.82) is 0 Å². The van der Waals surface area contributed by atoms with Gasteiger partial charge in [-0.2, -0.15) is 13.2 Å². The summed E-state index contributed by atoms with van der Waals surface area (Å²) in [4.78, 5) is 24.0. The molecule has 10 heteroatoms. The smallest absolute Gasteiger partial charge is 0.314 e. The van der Waals surface area contributed by atoms with E-state index in [9.17, 15) is 18.0 Å². The van der Waals surface area contributed by atoms with Gasteiger partial charge in [0.05, 0.1) is 34.4 Å². The second-order valence-corrected chi connectivity index (χ2v) is 8.96. The summed E-state index contributed by atoms with van der Waals surface area (Å²) >= 11 is 2.65. The number of rotatable bonds is 5. The van der Waals surface area contributed by atoms with Crippen LogP contribution in [0.4, 0.5) is 13.2 Å². The summed E-state index contributed by atoms with van der Waals surface area (Å²) < 4.78 is 42.0. The Bertz CT molecular complexity index is 1470. The number of aromatic nitrogens is 4. The van der Waals surface area contributed by atoms with Crippen molar-refractivity contribution < 1.29 is 13.2 Å². The fraction of sp³-hybridized carbons (Fsp3) is 0.136. The van der Waals surface area contributed by atoms with Crippen molar-refractivity contribution in [2.24, 2.45) is 0 Å². The van der Waals surface area contributed by atoms with Crippen LogP contribution in [0.5, 0.6) is 0 Å². The van der Waals surface area contributed by atoms with Gasteiger partial charge in [-0.05, 0) is 35.2 Å². The molecule has 5 aromatic rings. The Labute approximate surface area is 188 Å². The Morgan fingerprint density at radius 2 is 1.84 bits per heavy atom. The van der Waals surface area contributed by atoms with Crippen molar-refractivity contribution in [2.75, 3.05) is 0 Å². The van der Waals surface area contributed by atoms with E-state index in [0.717, 1.165) is 17.7 Å². The van der Waals surface area contributed by atoms with Crippen molar-refractivity contribution in [3.63, 3.8) is 0 Å². The minimum absolute atomic E-state index is 0.201. The third kappa shape index (κ3) is 4.03. The largest absolute Gasteiger partial charge is 0.416 e. The normalized spacial score (nSPS) is 12.1. The van der Waals surface area contributed by atoms with Crippen LogP contribution in [-0.2, 0) is 18.5 Å². The van der Waals surface area contributed by atoms with Crippen LogP contribution in [0.15, 0.2) is 69.9 Å². The molecule has 5 rings (SSSR count). The lowest BCUT2D eigenvalue weighted by Gasteiger charge is -2.10. The minimum atomic E-state index is -4.44. The zero-order chi connectivity index (χ0) is 22.3. The molecular formula is C22H15F3N4OS2. The maximum atomic E-state index is 13.2. The van der Waals surface area contributed by atoms with Crippen molar-refractivity contribution in [2.45, 2.75) is 23.6 Å². The standard InChI is InChI=1S/C22H15F3N4OS2/c23-22(24,25)14-6-7-17-16(10-14)27-21(29(17)11-13-4-2-1-3-5-13)32-12-18-26-15-8-9-31-19(15)20(30)28-18/h1-10H,11-12H2,(H,26,28,30). The number of nitrogens with one attached hydrogen (secondary N) is 1. The van der Waals surface area contributed by atoms with Crippen LogP contribution in [0.25, 0.3) is 21.3 Å². The number of H-pyrrole nitrogens is 1. The van der Waals surface area contributed by atoms with Crippen molar-refractivity contribution >= 4 is 44.3 Å². The third-order valence-corrected chi connectivity index (χ3v) is 6.82. The Morgan fingerprint density at radius 3 is 2.62 bits per heavy atom. The first kappa shape index (κ1) is 20.8. The number of thiophene rings is 1. The number of alkyl halides is 3. The molecule has 0 aliphatic rings. The Balaban J connectivity index is 1.53. The number of hydrogen-bond acceptors (Lipinski definition) is 5. The molecule has 0 radical (unpaired) electrons. The van der Waals surface area contributed by atoms with Gasteiger partial charge in [0.15, 0.2) is 5.16 Å². The highest BCUT2D eigenvalue weighted by molar-refractivity contribution is 7.98. The molecule has 0 bridgehead atoms. The quantitative estimate of drug-likeness (QED) is 0.334. The molecule has 3 heterocycles. The summed E-state index contributed by atoms with van der Waals surface area (Å²) in [5.74, 6) is 0.811. The molecule has 1 N–H and O–H groups in total. The molecule has 0 aliphatic heterocycles. The van der Waals surface area contributed by atoms with E-state index in [1.165, 1.54) is 29.2 Å². The van der Waals surface area contributed by atoms with E-state index in [4.69, 9.17) is 0 Å². The van der Waals surface area contributed by atoms with Crippen LogP contribution in [-0.4, -0.2) is 19.5 Å². The van der Waals surface area contributed by atoms with Gasteiger partial charge in [0, 0.05) is 0 Å². The van der Waals surface area contributed by atoms with Gasteiger partial charge in [-0.1, -0.05) is 42.1 Å². The molecule has 0 atom stereocenters. The van der Waals surface area contributed by atoms with Gasteiger partial charge in [0.2, 0.25) is 0 Å². The van der Waals surface area contributed by atoms with Gasteiger partial charge in [0.25, 0.3) is 5.56 Å². The minimum Gasteiger partial charge on any atom is -0.314 e. The summed E-state index contributed by atoms with van der Waals surface area (Å²) in [5, 5.41) is 2.36. The molecule has 0 unspecified atom stereocenters. The number of aromatic amines is 1. The molecule has 32 heavy (non-hydrogen) atoms. The number of fused-ring (bicyclic) bond motifs is 2. The average molecular weight is 473 g/mol. The number of nitrogens with zero attached hydrogens (tertiary/aromatic N) is 3. The van der Waals surface area contributed by atoms with Gasteiger partial charge >= 0.3 is 6.18 Å². The van der Waals surface area contributed by atoms with Crippen molar-refractivity contribution in [3.05, 3.63) is 87.3 Å². The first-order chi connectivity index (χ1) is 15.4. The average Bonchev–Trinajstić information content (AvgIpc) is 3.37. The topological polar surface area (TPSA) is 63.6 Å². The highest BCUT2D eigenvalue weighted by atomic mass is 32.2. The monoisotopic (exact) mass is 472 g/mol. The van der Waals surface area contributed by atoms with Gasteiger partial charge in [0.1, 0.15) is 10.5 Å². The van der Waals surface area contributed by atoms with Gasteiger partial charge in [-0.3, -0.25) is 4.79 Å². The Hall–Kier alpha value is -3.11. The van der Waals surface area contributed by atoms with Gasteiger partial charge < -0.3 is 9.55 Å². The second kappa shape index (κ2) is 8.10. The molecule has 0 amide bonds. The second-order valence-electron chi connectivity index (χ2n) is 7.10. The van der Waals surface area contributed by atoms with Crippen LogP contribution in [0, 0.1) is 0 Å². The lowest BCUT2D eigenvalue weighted by molar-refractivity contribution is -0.137. The number of thioether (sulfide) groups is 1. The summed E-state index contributed by atoms with van der Waals surface area (Å²) in [6, 6.07) is 15.0. The molecule has 0 saturated carbocycles. The predicted octanol–water partition coefficient (Wildman–Crippen LogP) is 5.69. The van der Waals surface area contributed by atoms with E-state index in [0.29, 0.717) is 39.0 Å². The molecule has 3 aromatic heterocycles. The molecule has 0 aliphatic carbocycles. The molecule has 162 valence electrons. The number of benzene rings is 2. The first-order valence-electron chi connectivity index (χ1n) is 9.59. The lowest BCUT2D eigenvalue weighted by atomic mass is 10.2. The molecule has 2 aromatic carbocycles. The molecule has 5 nitrogen and oxygen atoms in total. The van der Waals surface area contributed by atoms with Crippen molar-refractivity contribution in [3.8, 4) is 0 Å². The zero-order valence-corrected chi connectivity index (χ0v) is 18.0. The van der Waals surface area contributed by atoms with Crippen LogP contribution in [0.3, 0.4) is 0 Å². The van der Waals surface area contributed by atoms with E-state index < -0.39 is 11.7 Å². The summed E-state index contributed by atoms with van der Waals surface area (Å²) in [6.07, 6.45) is -4.44. The fourth-order valence-electron chi connectivity index (χ4n) is 3.44. The SMILES string of the molecule is O=c1[nH]c(CSc2nc3cc(C(F)(F)F)ccc3n2Cc2ccccc2)nc2ccsc12. The highest BCUT2D eigenvalue weighted by Gasteiger charge is 2.31. The van der Waals surface area contributed by atoms with E-state index in [2.05, 4.69) is 15.0 Å². The van der Waals surface area contributed by atoms with E-state index in [-0.39, 0.29) is 11.1 Å². The fourth-order valence-corrected chi connectivity index (χ4v) is 5.05. The molecule has 0 saturated heterocycles. The Kier molecular flexibility index (Phi) is 5.26. The van der Waals surface area contributed by atoms with Crippen molar-refractivity contribution in [1.82, 2.24) is 19.5 Å². The van der Waals surface area contributed by atoms with E-state index in [1.54, 1.807) is 11.4 Å². The van der Waals surface area contributed by atoms with E-state index in [1.807, 2.05) is 34.9 Å². The maximum Gasteiger partial charge on any atom is 0.416 e. The van der Waals surface area contributed by atoms with Crippen LogP contribution < -0.4 is 5.56 Å². The third-order valence-electron chi connectivity index (χ3n) is 4.93. The lowest BCUT2D eigenvalue weighted by Crippen LogP contribution is -2.09. The van der Waals surface area contributed by atoms with Crippen LogP contribution in [0.1, 0.15) is 17.0 Å². The maximum absolute atomic E-state index is 13.2. The summed E-state index contributed by atoms with van der Waals surface area (Å²) in [5.41, 5.74) is 1.57. The van der Waals surface area contributed by atoms with Gasteiger partial charge in [-0.15, -0.1) is 11.3 Å². The van der Waals surface area contributed by atoms with E-state index >= 15 is 0 Å². The number of hydrogen-bond donors (Lipinski definition) is 1. The molecule has 0 spiro atoms. The Morgan fingerprint density at radius 1 is 1.03 bits per heavy atom. The van der Waals surface area contributed by atoms with Gasteiger partial charge in [-0.25, -0.2) is 9.97 Å². The first-order valence-corrected chi connectivity index (χ1v) is 11.5. The summed E-state index contributed by atoms with van der Waals surface area (Å²) in [7, 11) is 0. The number of imidazole rings is 1. The molecular weight excluding hydrogens is 457 g/mol. The predicted molar refractivity (Wildman–Crippen MR) is 120 cm³/mol. The zero-order valence-electron chi connectivity index (χ0n) is 16.4. The van der Waals surface area contributed by atoms with Crippen LogP contribution >= 0.6 is 23.1 Å².